The number of Topliss-reactive ketones (excluding diaryl/α,β-unsaturated/α-hetero) is 1. The number of aryl methyl sites for hydroxylation is 1. The van der Waals surface area contributed by atoms with Crippen molar-refractivity contribution in [2.45, 2.75) is 34.1 Å². The summed E-state index contributed by atoms with van der Waals surface area (Å²) in [4.78, 5) is 11.2. The van der Waals surface area contributed by atoms with Crippen LogP contribution in [0.3, 0.4) is 0 Å². The van der Waals surface area contributed by atoms with Crippen LogP contribution in [0.4, 0.5) is 0 Å². The van der Waals surface area contributed by atoms with Crippen LogP contribution < -0.4 is 0 Å². The molecule has 0 N–H and O–H groups in total. The number of ketones is 1. The van der Waals surface area contributed by atoms with E-state index >= 15 is 0 Å². The summed E-state index contributed by atoms with van der Waals surface area (Å²) in [5, 5.41) is 0. The molecule has 75 valence electrons. The Labute approximate surface area is 112 Å². The van der Waals surface area contributed by atoms with Crippen molar-refractivity contribution in [1.29, 1.82) is 0 Å². The van der Waals surface area contributed by atoms with Gasteiger partial charge in [-0.05, 0) is 12.5 Å². The first kappa shape index (κ1) is 16.4. The summed E-state index contributed by atoms with van der Waals surface area (Å²) in [5.41, 5.74) is 1.93. The van der Waals surface area contributed by atoms with Crippen LogP contribution in [0.2, 0.25) is 0 Å². The van der Waals surface area contributed by atoms with E-state index in [0.717, 1.165) is 11.1 Å². The van der Waals surface area contributed by atoms with Crippen molar-refractivity contribution < 1.29 is 37.5 Å². The van der Waals surface area contributed by atoms with Gasteiger partial charge in [-0.3, -0.25) is 4.79 Å². The number of hydrogen-bond donors (Lipinski definition) is 0. The molecule has 14 heavy (non-hydrogen) atoms. The third-order valence-corrected chi connectivity index (χ3v) is 1.77. The largest absolute Gasteiger partial charge is 0.294 e. The van der Waals surface area contributed by atoms with Crippen molar-refractivity contribution in [1.82, 2.24) is 0 Å². The molecule has 0 unspecified atom stereocenters. The standard InChI is InChI=1S/C10H12O.C2H6.Y/c1-3-10(11)9-7-5-4-6-8(9)2;1-2;/h4-7H,3H2,1-2H3;1-2H3;. The van der Waals surface area contributed by atoms with E-state index < -0.39 is 0 Å². The fraction of sp³-hybridized carbons (Fsp3) is 0.417. The second kappa shape index (κ2) is 9.55. The Kier molecular flexibility index (Phi) is 11.2. The molecule has 0 aromatic heterocycles. The minimum atomic E-state index is 0. The molecule has 1 radical (unpaired) electrons. The topological polar surface area (TPSA) is 17.1 Å². The monoisotopic (exact) mass is 267 g/mol. The maximum Gasteiger partial charge on any atom is 0.162 e. The van der Waals surface area contributed by atoms with E-state index in [1.165, 1.54) is 0 Å². The zero-order valence-electron chi connectivity index (χ0n) is 9.50. The zero-order chi connectivity index (χ0) is 10.3. The Morgan fingerprint density at radius 2 is 1.71 bits per heavy atom. The van der Waals surface area contributed by atoms with Crippen molar-refractivity contribution >= 4 is 5.78 Å². The van der Waals surface area contributed by atoms with E-state index in [-0.39, 0.29) is 38.5 Å². The Bertz CT molecular complexity index is 269. The molecule has 0 saturated carbocycles. The molecular formula is C12H18OY. The van der Waals surface area contributed by atoms with Gasteiger partial charge in [0.1, 0.15) is 0 Å². The second-order valence-corrected chi connectivity index (χ2v) is 2.59. The maximum absolute atomic E-state index is 11.2. The smallest absolute Gasteiger partial charge is 0.162 e. The Balaban J connectivity index is 0. The third-order valence-electron chi connectivity index (χ3n) is 1.77. The van der Waals surface area contributed by atoms with Crippen LogP contribution >= 0.6 is 0 Å². The van der Waals surface area contributed by atoms with Crippen LogP contribution in [0.15, 0.2) is 24.3 Å². The van der Waals surface area contributed by atoms with E-state index in [9.17, 15) is 4.79 Å². The van der Waals surface area contributed by atoms with Crippen molar-refractivity contribution in [3.63, 3.8) is 0 Å². The summed E-state index contributed by atoms with van der Waals surface area (Å²) < 4.78 is 0. The predicted octanol–water partition coefficient (Wildman–Crippen LogP) is 3.61. The molecule has 0 aliphatic rings. The summed E-state index contributed by atoms with van der Waals surface area (Å²) in [6, 6.07) is 7.68. The van der Waals surface area contributed by atoms with E-state index in [0.29, 0.717) is 6.42 Å². The minimum absolute atomic E-state index is 0. The van der Waals surface area contributed by atoms with Gasteiger partial charge < -0.3 is 0 Å². The fourth-order valence-corrected chi connectivity index (χ4v) is 1.08. The van der Waals surface area contributed by atoms with Gasteiger partial charge in [0.2, 0.25) is 0 Å². The number of rotatable bonds is 2. The Hall–Kier alpha value is -0.00610. The van der Waals surface area contributed by atoms with Gasteiger partial charge in [-0.15, -0.1) is 0 Å². The summed E-state index contributed by atoms with van der Waals surface area (Å²) >= 11 is 0. The Morgan fingerprint density at radius 1 is 1.21 bits per heavy atom. The van der Waals surface area contributed by atoms with Crippen molar-refractivity contribution in [3.8, 4) is 0 Å². The number of carbonyl (C=O) groups excluding carboxylic acids is 1. The second-order valence-electron chi connectivity index (χ2n) is 2.59. The van der Waals surface area contributed by atoms with E-state index in [1.807, 2.05) is 52.0 Å². The first-order chi connectivity index (χ1) is 6.25. The molecule has 0 heterocycles. The average molecular weight is 267 g/mol. The molecule has 0 aliphatic heterocycles. The molecule has 1 rings (SSSR count). The van der Waals surface area contributed by atoms with Crippen LogP contribution in [-0.2, 0) is 32.7 Å². The van der Waals surface area contributed by atoms with Gasteiger partial charge in [-0.1, -0.05) is 45.0 Å². The van der Waals surface area contributed by atoms with Gasteiger partial charge in [0, 0.05) is 44.7 Å². The first-order valence-electron chi connectivity index (χ1n) is 4.84. The molecular weight excluding hydrogens is 249 g/mol. The molecule has 1 aromatic rings. The quantitative estimate of drug-likeness (QED) is 0.748. The SMILES string of the molecule is CC.CCC(=O)c1ccccc1C.[Y]. The average Bonchev–Trinajstić information content (AvgIpc) is 2.20. The number of benzene rings is 1. The Morgan fingerprint density at radius 3 is 2.14 bits per heavy atom. The van der Waals surface area contributed by atoms with E-state index in [1.54, 1.807) is 0 Å². The van der Waals surface area contributed by atoms with Crippen molar-refractivity contribution in [2.24, 2.45) is 0 Å². The molecule has 0 bridgehead atoms. The molecule has 0 aliphatic carbocycles. The fourth-order valence-electron chi connectivity index (χ4n) is 1.08. The van der Waals surface area contributed by atoms with Crippen LogP contribution in [0.1, 0.15) is 43.1 Å². The van der Waals surface area contributed by atoms with Gasteiger partial charge in [-0.2, -0.15) is 0 Å². The van der Waals surface area contributed by atoms with E-state index in [2.05, 4.69) is 0 Å². The van der Waals surface area contributed by atoms with Crippen LogP contribution in [-0.4, -0.2) is 5.78 Å². The van der Waals surface area contributed by atoms with Crippen LogP contribution in [0.25, 0.3) is 0 Å². The summed E-state index contributed by atoms with van der Waals surface area (Å²) in [7, 11) is 0. The normalized spacial score (nSPS) is 8.00. The summed E-state index contributed by atoms with van der Waals surface area (Å²) in [6.07, 6.45) is 0.588. The third kappa shape index (κ3) is 5.02. The maximum atomic E-state index is 11.2. The van der Waals surface area contributed by atoms with Gasteiger partial charge in [0.15, 0.2) is 5.78 Å². The molecule has 1 aromatic carbocycles. The molecule has 0 atom stereocenters. The van der Waals surface area contributed by atoms with Crippen molar-refractivity contribution in [3.05, 3.63) is 35.4 Å². The van der Waals surface area contributed by atoms with Gasteiger partial charge in [-0.25, -0.2) is 0 Å². The summed E-state index contributed by atoms with van der Waals surface area (Å²) in [6.45, 7) is 7.84. The molecule has 0 saturated heterocycles. The predicted molar refractivity (Wildman–Crippen MR) is 57.1 cm³/mol. The van der Waals surface area contributed by atoms with Gasteiger partial charge >= 0.3 is 0 Å². The molecule has 0 amide bonds. The van der Waals surface area contributed by atoms with Gasteiger partial charge in [0.25, 0.3) is 0 Å². The van der Waals surface area contributed by atoms with Crippen LogP contribution in [0.5, 0.6) is 0 Å². The molecule has 0 fully saturated rings. The minimum Gasteiger partial charge on any atom is -0.294 e. The van der Waals surface area contributed by atoms with Crippen molar-refractivity contribution in [2.75, 3.05) is 0 Å². The molecule has 0 spiro atoms. The van der Waals surface area contributed by atoms with Gasteiger partial charge in [0.05, 0.1) is 0 Å². The number of carbonyl (C=O) groups is 1. The molecule has 2 heteroatoms. The first-order valence-corrected chi connectivity index (χ1v) is 4.84. The van der Waals surface area contributed by atoms with Crippen LogP contribution in [0, 0.1) is 6.92 Å². The zero-order valence-corrected chi connectivity index (χ0v) is 12.3. The van der Waals surface area contributed by atoms with E-state index in [4.69, 9.17) is 0 Å². The molecule has 1 nitrogen and oxygen atoms in total. The number of hydrogen-bond acceptors (Lipinski definition) is 1. The summed E-state index contributed by atoms with van der Waals surface area (Å²) in [5.74, 6) is 0.225.